The van der Waals surface area contributed by atoms with Crippen LogP contribution in [-0.2, 0) is 0 Å². The number of aromatic nitrogens is 2. The SMILES string of the molecule is CCCCCNc1nc(C2CC2)nc(NCC)c1C. The number of nitrogens with one attached hydrogen (secondary N) is 2. The second kappa shape index (κ2) is 6.73. The van der Waals surface area contributed by atoms with E-state index in [0.717, 1.165) is 36.1 Å². The van der Waals surface area contributed by atoms with E-state index in [2.05, 4.69) is 36.4 Å². The molecular formula is C15H26N4. The Kier molecular flexibility index (Phi) is 5.00. The van der Waals surface area contributed by atoms with Crippen LogP contribution in [0.3, 0.4) is 0 Å². The van der Waals surface area contributed by atoms with Crippen molar-refractivity contribution in [3.63, 3.8) is 0 Å². The van der Waals surface area contributed by atoms with E-state index in [9.17, 15) is 0 Å². The molecule has 1 fully saturated rings. The lowest BCUT2D eigenvalue weighted by molar-refractivity contribution is 0.740. The Bertz CT molecular complexity index is 413. The van der Waals surface area contributed by atoms with Crippen LogP contribution in [0, 0.1) is 6.92 Å². The second-order valence-corrected chi connectivity index (χ2v) is 5.34. The van der Waals surface area contributed by atoms with Crippen molar-refractivity contribution >= 4 is 11.6 Å². The predicted octanol–water partition coefficient (Wildman–Crippen LogP) is 3.70. The van der Waals surface area contributed by atoms with E-state index in [1.165, 1.54) is 32.1 Å². The van der Waals surface area contributed by atoms with Crippen LogP contribution in [0.15, 0.2) is 0 Å². The molecule has 0 bridgehead atoms. The Hall–Kier alpha value is -1.32. The Morgan fingerprint density at radius 2 is 1.74 bits per heavy atom. The van der Waals surface area contributed by atoms with Gasteiger partial charge in [-0.2, -0.15) is 0 Å². The van der Waals surface area contributed by atoms with Crippen LogP contribution in [0.25, 0.3) is 0 Å². The molecule has 0 saturated heterocycles. The van der Waals surface area contributed by atoms with Crippen molar-refractivity contribution in [2.24, 2.45) is 0 Å². The lowest BCUT2D eigenvalue weighted by atomic mass is 10.2. The summed E-state index contributed by atoms with van der Waals surface area (Å²) in [6.45, 7) is 8.33. The summed E-state index contributed by atoms with van der Waals surface area (Å²) in [5.41, 5.74) is 1.14. The van der Waals surface area contributed by atoms with Crippen LogP contribution in [0.5, 0.6) is 0 Å². The molecule has 0 radical (unpaired) electrons. The fourth-order valence-corrected chi connectivity index (χ4v) is 2.15. The van der Waals surface area contributed by atoms with Gasteiger partial charge in [-0.15, -0.1) is 0 Å². The molecule has 1 aliphatic carbocycles. The average molecular weight is 262 g/mol. The van der Waals surface area contributed by atoms with E-state index in [-0.39, 0.29) is 0 Å². The molecule has 1 heterocycles. The van der Waals surface area contributed by atoms with Gasteiger partial charge >= 0.3 is 0 Å². The van der Waals surface area contributed by atoms with Crippen molar-refractivity contribution in [3.05, 3.63) is 11.4 Å². The number of hydrogen-bond donors (Lipinski definition) is 2. The summed E-state index contributed by atoms with van der Waals surface area (Å²) in [6.07, 6.45) is 6.20. The molecule has 0 unspecified atom stereocenters. The first-order valence-electron chi connectivity index (χ1n) is 7.62. The molecule has 1 aromatic rings. The highest BCUT2D eigenvalue weighted by molar-refractivity contribution is 5.57. The van der Waals surface area contributed by atoms with Crippen molar-refractivity contribution < 1.29 is 0 Å². The maximum absolute atomic E-state index is 4.71. The van der Waals surface area contributed by atoms with E-state index in [1.807, 2.05) is 0 Å². The first-order valence-corrected chi connectivity index (χ1v) is 7.62. The summed E-state index contributed by atoms with van der Waals surface area (Å²) < 4.78 is 0. The monoisotopic (exact) mass is 262 g/mol. The first-order chi connectivity index (χ1) is 9.26. The highest BCUT2D eigenvalue weighted by Crippen LogP contribution is 2.39. The topological polar surface area (TPSA) is 49.8 Å². The molecule has 2 N–H and O–H groups in total. The van der Waals surface area contributed by atoms with Crippen LogP contribution < -0.4 is 10.6 Å². The molecule has 0 atom stereocenters. The maximum atomic E-state index is 4.71. The number of hydrogen-bond acceptors (Lipinski definition) is 4. The molecule has 1 saturated carbocycles. The van der Waals surface area contributed by atoms with Crippen LogP contribution in [0.1, 0.15) is 63.3 Å². The molecule has 4 nitrogen and oxygen atoms in total. The zero-order valence-electron chi connectivity index (χ0n) is 12.4. The van der Waals surface area contributed by atoms with E-state index in [0.29, 0.717) is 5.92 Å². The lowest BCUT2D eigenvalue weighted by Gasteiger charge is -2.14. The molecule has 0 aliphatic heterocycles. The molecule has 1 aliphatic rings. The fraction of sp³-hybridized carbons (Fsp3) is 0.733. The van der Waals surface area contributed by atoms with Crippen molar-refractivity contribution in [1.29, 1.82) is 0 Å². The summed E-state index contributed by atoms with van der Waals surface area (Å²) >= 11 is 0. The van der Waals surface area contributed by atoms with Gasteiger partial charge in [-0.05, 0) is 33.1 Å². The number of rotatable bonds is 8. The van der Waals surface area contributed by atoms with Gasteiger partial charge in [0.2, 0.25) is 0 Å². The van der Waals surface area contributed by atoms with Gasteiger partial charge in [-0.1, -0.05) is 19.8 Å². The highest BCUT2D eigenvalue weighted by Gasteiger charge is 2.28. The summed E-state index contributed by atoms with van der Waals surface area (Å²) in [6, 6.07) is 0. The Morgan fingerprint density at radius 1 is 1.05 bits per heavy atom. The van der Waals surface area contributed by atoms with Crippen molar-refractivity contribution in [2.45, 2.75) is 58.8 Å². The lowest BCUT2D eigenvalue weighted by Crippen LogP contribution is -2.11. The fourth-order valence-electron chi connectivity index (χ4n) is 2.15. The van der Waals surface area contributed by atoms with Gasteiger partial charge in [0, 0.05) is 24.6 Å². The number of unbranched alkanes of at least 4 members (excludes halogenated alkanes) is 2. The summed E-state index contributed by atoms with van der Waals surface area (Å²) in [7, 11) is 0. The van der Waals surface area contributed by atoms with Crippen LogP contribution in [0.4, 0.5) is 11.6 Å². The molecule has 19 heavy (non-hydrogen) atoms. The predicted molar refractivity (Wildman–Crippen MR) is 80.9 cm³/mol. The summed E-state index contributed by atoms with van der Waals surface area (Å²) in [5, 5.41) is 6.83. The molecule has 0 aromatic carbocycles. The van der Waals surface area contributed by atoms with E-state index in [1.54, 1.807) is 0 Å². The molecule has 1 aromatic heterocycles. The zero-order chi connectivity index (χ0) is 13.7. The maximum Gasteiger partial charge on any atom is 0.136 e. The van der Waals surface area contributed by atoms with Crippen LogP contribution in [0.2, 0.25) is 0 Å². The van der Waals surface area contributed by atoms with Gasteiger partial charge in [0.1, 0.15) is 17.5 Å². The minimum Gasteiger partial charge on any atom is -0.370 e. The largest absolute Gasteiger partial charge is 0.370 e. The van der Waals surface area contributed by atoms with Crippen molar-refractivity contribution in [2.75, 3.05) is 23.7 Å². The number of anilines is 2. The molecular weight excluding hydrogens is 236 g/mol. The summed E-state index contributed by atoms with van der Waals surface area (Å²) in [4.78, 5) is 9.38. The number of nitrogens with zero attached hydrogens (tertiary/aromatic N) is 2. The molecule has 4 heteroatoms. The zero-order valence-corrected chi connectivity index (χ0v) is 12.4. The third-order valence-electron chi connectivity index (χ3n) is 3.52. The van der Waals surface area contributed by atoms with Gasteiger partial charge in [-0.3, -0.25) is 0 Å². The molecule has 106 valence electrons. The molecule has 2 rings (SSSR count). The minimum atomic E-state index is 0.592. The van der Waals surface area contributed by atoms with Crippen LogP contribution >= 0.6 is 0 Å². The normalized spacial score (nSPS) is 14.5. The van der Waals surface area contributed by atoms with Gasteiger partial charge in [0.25, 0.3) is 0 Å². The Labute approximate surface area is 116 Å². The van der Waals surface area contributed by atoms with Gasteiger partial charge < -0.3 is 10.6 Å². The average Bonchev–Trinajstić information content (AvgIpc) is 3.23. The van der Waals surface area contributed by atoms with E-state index in [4.69, 9.17) is 4.98 Å². The van der Waals surface area contributed by atoms with Gasteiger partial charge in [0.05, 0.1) is 0 Å². The Balaban J connectivity index is 2.10. The highest BCUT2D eigenvalue weighted by atomic mass is 15.1. The molecule has 0 spiro atoms. The minimum absolute atomic E-state index is 0.592. The summed E-state index contributed by atoms with van der Waals surface area (Å²) in [5.74, 6) is 3.62. The molecule has 0 amide bonds. The first kappa shape index (κ1) is 14.1. The van der Waals surface area contributed by atoms with Crippen molar-refractivity contribution in [3.8, 4) is 0 Å². The second-order valence-electron chi connectivity index (χ2n) is 5.34. The van der Waals surface area contributed by atoms with E-state index < -0.39 is 0 Å². The van der Waals surface area contributed by atoms with Gasteiger partial charge in [0.15, 0.2) is 0 Å². The van der Waals surface area contributed by atoms with Crippen LogP contribution in [-0.4, -0.2) is 23.1 Å². The van der Waals surface area contributed by atoms with Crippen molar-refractivity contribution in [1.82, 2.24) is 9.97 Å². The third kappa shape index (κ3) is 3.82. The van der Waals surface area contributed by atoms with E-state index >= 15 is 0 Å². The standard InChI is InChI=1S/C15H26N4/c1-4-6-7-10-17-14-11(3)13(16-5-2)18-15(19-14)12-8-9-12/h12H,4-10H2,1-3H3,(H2,16,17,18,19). The third-order valence-corrected chi connectivity index (χ3v) is 3.52. The Morgan fingerprint density at radius 3 is 2.32 bits per heavy atom. The quantitative estimate of drug-likeness (QED) is 0.701. The smallest absolute Gasteiger partial charge is 0.136 e. The van der Waals surface area contributed by atoms with Gasteiger partial charge in [-0.25, -0.2) is 9.97 Å².